The lowest BCUT2D eigenvalue weighted by Gasteiger charge is -2.23. The van der Waals surface area contributed by atoms with Crippen molar-refractivity contribution in [3.8, 4) is 5.69 Å². The number of hydrogen-bond acceptors (Lipinski definition) is 4. The Morgan fingerprint density at radius 3 is 3.08 bits per heavy atom. The number of amides is 1. The summed E-state index contributed by atoms with van der Waals surface area (Å²) in [6.07, 6.45) is 3.38. The molecule has 6 nitrogen and oxygen atoms in total. The van der Waals surface area contributed by atoms with E-state index < -0.39 is 5.97 Å². The summed E-state index contributed by atoms with van der Waals surface area (Å²) in [5.41, 5.74) is 2.53. The summed E-state index contributed by atoms with van der Waals surface area (Å²) >= 11 is 2.19. The number of carbonyl (C=O) groups is 2. The number of rotatable bonds is 2. The molecule has 2 aliphatic heterocycles. The van der Waals surface area contributed by atoms with Crippen molar-refractivity contribution in [1.82, 2.24) is 14.5 Å². The lowest BCUT2D eigenvalue weighted by atomic mass is 10.1. The normalized spacial score (nSPS) is 18.7. The molecule has 0 radical (unpaired) electrons. The van der Waals surface area contributed by atoms with Gasteiger partial charge in [0.2, 0.25) is 0 Å². The number of nitrogens with zero attached hydrogens (tertiary/aromatic N) is 3. The highest BCUT2D eigenvalue weighted by molar-refractivity contribution is 14.1. The number of aromatic nitrogens is 2. The topological polar surface area (TPSA) is 64.4 Å². The molecule has 1 fully saturated rings. The highest BCUT2D eigenvalue weighted by Gasteiger charge is 2.40. The molecular formula is C17H16IN3O3. The van der Waals surface area contributed by atoms with Crippen LogP contribution >= 0.6 is 22.6 Å². The highest BCUT2D eigenvalue weighted by atomic mass is 123. The Morgan fingerprint density at radius 1 is 1.46 bits per heavy atom. The van der Waals surface area contributed by atoms with Crippen LogP contribution < -0.4 is 0 Å². The zero-order chi connectivity index (χ0) is 16.8. The highest BCUT2D eigenvalue weighted by Crippen LogP contribution is 2.40. The van der Waals surface area contributed by atoms with Gasteiger partial charge in [0.05, 0.1) is 29.6 Å². The maximum Gasteiger partial charge on any atom is 0.358 e. The zero-order valence-corrected chi connectivity index (χ0v) is 15.3. The summed E-state index contributed by atoms with van der Waals surface area (Å²) in [5.74, 6) is -0.407. The average molecular weight is 433 g/mol. The van der Waals surface area contributed by atoms with E-state index in [0.29, 0.717) is 24.4 Å². The molecule has 1 aromatic heterocycles. The Hall–Kier alpha value is -1.90. The number of imidazole rings is 1. The van der Waals surface area contributed by atoms with Crippen molar-refractivity contribution in [3.63, 3.8) is 0 Å². The van der Waals surface area contributed by atoms with Crippen molar-refractivity contribution in [2.45, 2.75) is 25.8 Å². The first-order chi connectivity index (χ1) is 11.6. The van der Waals surface area contributed by atoms with E-state index in [4.69, 9.17) is 4.74 Å². The van der Waals surface area contributed by atoms with E-state index in [-0.39, 0.29) is 11.9 Å². The Morgan fingerprint density at radius 2 is 2.29 bits per heavy atom. The average Bonchev–Trinajstić information content (AvgIpc) is 3.18. The Balaban J connectivity index is 1.99. The van der Waals surface area contributed by atoms with Crippen LogP contribution in [0.25, 0.3) is 5.69 Å². The van der Waals surface area contributed by atoms with Gasteiger partial charge < -0.3 is 9.64 Å². The van der Waals surface area contributed by atoms with Crippen molar-refractivity contribution in [1.29, 1.82) is 0 Å². The quantitative estimate of drug-likeness (QED) is 0.540. The number of hydrogen-bond donors (Lipinski definition) is 0. The van der Waals surface area contributed by atoms with E-state index in [9.17, 15) is 9.59 Å². The van der Waals surface area contributed by atoms with E-state index >= 15 is 0 Å². The van der Waals surface area contributed by atoms with E-state index in [1.54, 1.807) is 13.3 Å². The third kappa shape index (κ3) is 2.17. The minimum absolute atomic E-state index is 0.0241. The molecule has 3 heterocycles. The second-order valence-corrected chi connectivity index (χ2v) is 7.02. The van der Waals surface area contributed by atoms with Crippen LogP contribution in [-0.4, -0.2) is 39.5 Å². The number of carbonyl (C=O) groups excluding carboxylic acids is 2. The molecule has 0 spiro atoms. The van der Waals surface area contributed by atoms with Gasteiger partial charge in [-0.25, -0.2) is 9.78 Å². The summed E-state index contributed by atoms with van der Waals surface area (Å²) in [5, 5.41) is 0. The van der Waals surface area contributed by atoms with Gasteiger partial charge in [-0.15, -0.1) is 0 Å². The predicted octanol–water partition coefficient (Wildman–Crippen LogP) is 2.94. The molecular weight excluding hydrogens is 417 g/mol. The molecule has 1 aromatic carbocycles. The van der Waals surface area contributed by atoms with Crippen molar-refractivity contribution in [2.75, 3.05) is 13.2 Å². The van der Waals surface area contributed by atoms with Gasteiger partial charge in [-0.2, -0.15) is 0 Å². The van der Waals surface area contributed by atoms with Crippen LogP contribution in [0.4, 0.5) is 0 Å². The summed E-state index contributed by atoms with van der Waals surface area (Å²) in [7, 11) is 0. The van der Waals surface area contributed by atoms with Crippen molar-refractivity contribution < 1.29 is 14.3 Å². The van der Waals surface area contributed by atoms with Gasteiger partial charge in [-0.1, -0.05) is 6.07 Å². The van der Waals surface area contributed by atoms with E-state index in [2.05, 4.69) is 27.6 Å². The fourth-order valence-electron chi connectivity index (χ4n) is 3.59. The van der Waals surface area contributed by atoms with Crippen molar-refractivity contribution in [2.24, 2.45) is 0 Å². The third-order valence-corrected chi connectivity index (χ3v) is 5.47. The third-order valence-electron chi connectivity index (χ3n) is 4.57. The van der Waals surface area contributed by atoms with Gasteiger partial charge in [0.15, 0.2) is 5.69 Å². The van der Waals surface area contributed by atoms with Crippen molar-refractivity contribution in [3.05, 3.63) is 45.0 Å². The van der Waals surface area contributed by atoms with Crippen LogP contribution in [0, 0.1) is 3.57 Å². The van der Waals surface area contributed by atoms with Gasteiger partial charge in [-0.3, -0.25) is 9.36 Å². The largest absolute Gasteiger partial charge is 0.461 e. The van der Waals surface area contributed by atoms with Crippen molar-refractivity contribution >= 4 is 34.5 Å². The molecule has 2 aromatic rings. The predicted molar refractivity (Wildman–Crippen MR) is 95.2 cm³/mol. The number of benzene rings is 1. The maximum atomic E-state index is 13.1. The first-order valence-corrected chi connectivity index (χ1v) is 9.05. The minimum atomic E-state index is -0.431. The second kappa shape index (κ2) is 5.87. The van der Waals surface area contributed by atoms with Crippen LogP contribution in [0.3, 0.4) is 0 Å². The molecule has 0 bridgehead atoms. The molecule has 0 unspecified atom stereocenters. The molecule has 1 saturated heterocycles. The maximum absolute atomic E-state index is 13.1. The number of halogens is 1. The zero-order valence-electron chi connectivity index (χ0n) is 13.2. The van der Waals surface area contributed by atoms with Gasteiger partial charge in [-0.05, 0) is 54.5 Å². The van der Waals surface area contributed by atoms with Crippen LogP contribution in [0.5, 0.6) is 0 Å². The summed E-state index contributed by atoms with van der Waals surface area (Å²) in [4.78, 5) is 31.6. The Bertz CT molecular complexity index is 846. The van der Waals surface area contributed by atoms with Crippen LogP contribution in [0.1, 0.15) is 52.3 Å². The first-order valence-electron chi connectivity index (χ1n) is 7.97. The first kappa shape index (κ1) is 15.6. The van der Waals surface area contributed by atoms with Crippen LogP contribution in [-0.2, 0) is 4.74 Å². The van der Waals surface area contributed by atoms with Crippen LogP contribution in [0.2, 0.25) is 0 Å². The molecule has 1 amide bonds. The minimum Gasteiger partial charge on any atom is -0.461 e. The van der Waals surface area contributed by atoms with Gasteiger partial charge in [0.25, 0.3) is 5.91 Å². The fraction of sp³-hybridized carbons (Fsp3) is 0.353. The Kier molecular flexibility index (Phi) is 3.82. The van der Waals surface area contributed by atoms with Gasteiger partial charge in [0, 0.05) is 10.1 Å². The van der Waals surface area contributed by atoms with E-state index in [1.165, 1.54) is 0 Å². The standard InChI is InChI=1S/C17H16IN3O3/c1-2-24-17(23)14-15-12-7-4-8-20(12)16(22)13-10(18)5-3-6-11(13)21(15)9-19-14/h3,5-6,9,12H,2,4,7-8H2,1H3/t12-/m0/s1/i18-4. The number of fused-ring (bicyclic) bond motifs is 5. The molecule has 0 N–H and O–H groups in total. The van der Waals surface area contributed by atoms with E-state index in [1.807, 2.05) is 27.7 Å². The monoisotopic (exact) mass is 433 g/mol. The molecule has 4 rings (SSSR count). The SMILES string of the molecule is CCOC(=O)c1ncn2c1[C@@H]1CCCN1C(=O)c1c([123I])cccc1-2. The summed E-state index contributed by atoms with van der Waals surface area (Å²) in [6, 6.07) is 5.61. The lowest BCUT2D eigenvalue weighted by Crippen LogP contribution is -2.30. The molecule has 2 aliphatic rings. The lowest BCUT2D eigenvalue weighted by molar-refractivity contribution is 0.0513. The smallest absolute Gasteiger partial charge is 0.358 e. The molecule has 0 saturated carbocycles. The van der Waals surface area contributed by atoms with Gasteiger partial charge in [0.1, 0.15) is 6.33 Å². The molecule has 24 heavy (non-hydrogen) atoms. The number of esters is 1. The Labute approximate surface area is 152 Å². The molecule has 124 valence electrons. The van der Waals surface area contributed by atoms with E-state index in [0.717, 1.165) is 27.8 Å². The summed E-state index contributed by atoms with van der Waals surface area (Å²) in [6.45, 7) is 2.77. The summed E-state index contributed by atoms with van der Waals surface area (Å²) < 4.78 is 7.95. The fourth-order valence-corrected chi connectivity index (χ4v) is 4.30. The van der Waals surface area contributed by atoms with Gasteiger partial charge >= 0.3 is 5.97 Å². The molecule has 0 aliphatic carbocycles. The number of ether oxygens (including phenoxy) is 1. The van der Waals surface area contributed by atoms with Crippen LogP contribution in [0.15, 0.2) is 24.5 Å². The molecule has 1 atom stereocenters. The second-order valence-electron chi connectivity index (χ2n) is 5.86. The molecule has 7 heteroatoms.